The molecule has 2 atom stereocenters. The first-order valence-corrected chi connectivity index (χ1v) is 4.90. The molecule has 3 nitrogen and oxygen atoms in total. The highest BCUT2D eigenvalue weighted by atomic mass is 16.5. The molecule has 1 saturated carbocycles. The first-order chi connectivity index (χ1) is 5.90. The zero-order valence-electron chi connectivity index (χ0n) is 7.54. The van der Waals surface area contributed by atoms with Gasteiger partial charge in [-0.1, -0.05) is 0 Å². The summed E-state index contributed by atoms with van der Waals surface area (Å²) in [5.74, 6) is 1.72. The molecule has 2 rings (SSSR count). The second-order valence-corrected chi connectivity index (χ2v) is 3.90. The molecule has 1 aliphatic heterocycles. The summed E-state index contributed by atoms with van der Waals surface area (Å²) in [5.41, 5.74) is 5.59. The predicted octanol–water partition coefficient (Wildman–Crippen LogP) is -0.0866. The lowest BCUT2D eigenvalue weighted by Gasteiger charge is -2.26. The number of ether oxygens (including phenoxy) is 1. The Labute approximate surface area is 73.9 Å². The Hall–Kier alpha value is -0.120. The van der Waals surface area contributed by atoms with Crippen LogP contribution in [0.15, 0.2) is 0 Å². The minimum Gasteiger partial charge on any atom is -0.379 e. The van der Waals surface area contributed by atoms with Gasteiger partial charge in [0.25, 0.3) is 0 Å². The van der Waals surface area contributed by atoms with Crippen molar-refractivity contribution in [1.82, 2.24) is 4.90 Å². The van der Waals surface area contributed by atoms with Crippen LogP contribution in [-0.4, -0.2) is 44.3 Å². The zero-order valence-corrected chi connectivity index (χ0v) is 7.54. The smallest absolute Gasteiger partial charge is 0.0594 e. The molecule has 0 aromatic rings. The highest BCUT2D eigenvalue weighted by molar-refractivity contribution is 4.89. The number of nitrogens with two attached hydrogens (primary N) is 1. The van der Waals surface area contributed by atoms with E-state index >= 15 is 0 Å². The Morgan fingerprint density at radius 3 is 2.58 bits per heavy atom. The zero-order chi connectivity index (χ0) is 8.39. The van der Waals surface area contributed by atoms with Crippen LogP contribution in [0.25, 0.3) is 0 Å². The van der Waals surface area contributed by atoms with Gasteiger partial charge in [-0.3, -0.25) is 4.90 Å². The van der Waals surface area contributed by atoms with Crippen LogP contribution in [0.4, 0.5) is 0 Å². The van der Waals surface area contributed by atoms with Crippen LogP contribution >= 0.6 is 0 Å². The van der Waals surface area contributed by atoms with Crippen molar-refractivity contribution < 1.29 is 4.74 Å². The van der Waals surface area contributed by atoms with Gasteiger partial charge < -0.3 is 10.5 Å². The van der Waals surface area contributed by atoms with Crippen LogP contribution in [0.3, 0.4) is 0 Å². The Morgan fingerprint density at radius 1 is 1.25 bits per heavy atom. The van der Waals surface area contributed by atoms with E-state index in [1.165, 1.54) is 13.0 Å². The van der Waals surface area contributed by atoms with E-state index in [1.807, 2.05) is 0 Å². The maximum absolute atomic E-state index is 5.59. The summed E-state index contributed by atoms with van der Waals surface area (Å²) < 4.78 is 5.29. The highest BCUT2D eigenvalue weighted by Crippen LogP contribution is 2.37. The van der Waals surface area contributed by atoms with Gasteiger partial charge in [0.1, 0.15) is 0 Å². The largest absolute Gasteiger partial charge is 0.379 e. The second kappa shape index (κ2) is 3.73. The fourth-order valence-corrected chi connectivity index (χ4v) is 1.94. The van der Waals surface area contributed by atoms with E-state index < -0.39 is 0 Å². The Kier molecular flexibility index (Phi) is 2.63. The van der Waals surface area contributed by atoms with Gasteiger partial charge in [0, 0.05) is 19.6 Å². The molecule has 0 unspecified atom stereocenters. The van der Waals surface area contributed by atoms with Crippen LogP contribution in [0.2, 0.25) is 0 Å². The topological polar surface area (TPSA) is 38.5 Å². The fourth-order valence-electron chi connectivity index (χ4n) is 1.94. The van der Waals surface area contributed by atoms with Crippen molar-refractivity contribution in [3.63, 3.8) is 0 Å². The van der Waals surface area contributed by atoms with Crippen molar-refractivity contribution in [3.05, 3.63) is 0 Å². The fraction of sp³-hybridized carbons (Fsp3) is 1.00. The maximum atomic E-state index is 5.59. The SMILES string of the molecule is NC[C@@H]1C[C@H]1CN1CCOCC1. The van der Waals surface area contributed by atoms with Gasteiger partial charge in [-0.2, -0.15) is 0 Å². The summed E-state index contributed by atoms with van der Waals surface area (Å²) in [4.78, 5) is 2.50. The summed E-state index contributed by atoms with van der Waals surface area (Å²) in [6.07, 6.45) is 1.36. The third kappa shape index (κ3) is 1.97. The predicted molar refractivity (Wildman–Crippen MR) is 47.9 cm³/mol. The number of rotatable bonds is 3. The second-order valence-electron chi connectivity index (χ2n) is 3.90. The third-order valence-corrected chi connectivity index (χ3v) is 2.97. The van der Waals surface area contributed by atoms with Crippen molar-refractivity contribution in [2.24, 2.45) is 17.6 Å². The molecule has 0 amide bonds. The average molecular weight is 170 g/mol. The molecule has 1 heterocycles. The quantitative estimate of drug-likeness (QED) is 0.643. The minimum absolute atomic E-state index is 0.827. The van der Waals surface area contributed by atoms with E-state index in [9.17, 15) is 0 Å². The van der Waals surface area contributed by atoms with E-state index in [2.05, 4.69) is 4.90 Å². The molecule has 0 aromatic heterocycles. The van der Waals surface area contributed by atoms with Crippen molar-refractivity contribution in [3.8, 4) is 0 Å². The molecule has 1 saturated heterocycles. The van der Waals surface area contributed by atoms with Gasteiger partial charge >= 0.3 is 0 Å². The summed E-state index contributed by atoms with van der Waals surface area (Å²) in [5, 5.41) is 0. The monoisotopic (exact) mass is 170 g/mol. The van der Waals surface area contributed by atoms with Gasteiger partial charge in [0.2, 0.25) is 0 Å². The third-order valence-electron chi connectivity index (χ3n) is 2.97. The van der Waals surface area contributed by atoms with Crippen molar-refractivity contribution in [2.75, 3.05) is 39.4 Å². The Morgan fingerprint density at radius 2 is 2.00 bits per heavy atom. The molecule has 0 bridgehead atoms. The molecule has 2 N–H and O–H groups in total. The van der Waals surface area contributed by atoms with Gasteiger partial charge in [0.05, 0.1) is 13.2 Å². The average Bonchev–Trinajstić information content (AvgIpc) is 2.85. The molecule has 70 valence electrons. The summed E-state index contributed by atoms with van der Waals surface area (Å²) >= 11 is 0. The van der Waals surface area contributed by atoms with Crippen LogP contribution < -0.4 is 5.73 Å². The van der Waals surface area contributed by atoms with Gasteiger partial charge in [-0.25, -0.2) is 0 Å². The lowest BCUT2D eigenvalue weighted by molar-refractivity contribution is 0.0352. The van der Waals surface area contributed by atoms with E-state index in [1.54, 1.807) is 0 Å². The molecule has 0 spiro atoms. The van der Waals surface area contributed by atoms with E-state index in [0.717, 1.165) is 44.7 Å². The number of morpholine rings is 1. The van der Waals surface area contributed by atoms with Crippen LogP contribution in [-0.2, 0) is 4.74 Å². The molecule has 2 fully saturated rings. The molecule has 1 aliphatic carbocycles. The summed E-state index contributed by atoms with van der Waals surface area (Å²) in [7, 11) is 0. The summed E-state index contributed by atoms with van der Waals surface area (Å²) in [6, 6.07) is 0. The Balaban J connectivity index is 1.66. The van der Waals surface area contributed by atoms with Crippen molar-refractivity contribution >= 4 is 0 Å². The number of nitrogens with zero attached hydrogens (tertiary/aromatic N) is 1. The molecular weight excluding hydrogens is 152 g/mol. The van der Waals surface area contributed by atoms with Crippen molar-refractivity contribution in [1.29, 1.82) is 0 Å². The van der Waals surface area contributed by atoms with Gasteiger partial charge in [-0.05, 0) is 24.8 Å². The first-order valence-electron chi connectivity index (χ1n) is 4.90. The van der Waals surface area contributed by atoms with E-state index in [-0.39, 0.29) is 0 Å². The van der Waals surface area contributed by atoms with Gasteiger partial charge in [-0.15, -0.1) is 0 Å². The van der Waals surface area contributed by atoms with Crippen LogP contribution in [0.5, 0.6) is 0 Å². The Bertz CT molecular complexity index is 145. The molecule has 12 heavy (non-hydrogen) atoms. The van der Waals surface area contributed by atoms with Crippen molar-refractivity contribution in [2.45, 2.75) is 6.42 Å². The lowest BCUT2D eigenvalue weighted by Crippen LogP contribution is -2.37. The van der Waals surface area contributed by atoms with Crippen LogP contribution in [0.1, 0.15) is 6.42 Å². The van der Waals surface area contributed by atoms with E-state index in [0.29, 0.717) is 0 Å². The molecule has 0 aromatic carbocycles. The maximum Gasteiger partial charge on any atom is 0.0594 e. The normalized spacial score (nSPS) is 36.8. The summed E-state index contributed by atoms with van der Waals surface area (Å²) in [6.45, 7) is 6.21. The molecule has 0 radical (unpaired) electrons. The standard InChI is InChI=1S/C9H18N2O/c10-6-8-5-9(8)7-11-1-3-12-4-2-11/h8-9H,1-7,10H2/t8-,9-/m0/s1. The van der Waals surface area contributed by atoms with Crippen LogP contribution in [0, 0.1) is 11.8 Å². The first kappa shape index (κ1) is 8.48. The number of hydrogen-bond donors (Lipinski definition) is 1. The minimum atomic E-state index is 0.827. The van der Waals surface area contributed by atoms with Gasteiger partial charge in [0.15, 0.2) is 0 Å². The number of hydrogen-bond acceptors (Lipinski definition) is 3. The van der Waals surface area contributed by atoms with E-state index in [4.69, 9.17) is 10.5 Å². The molecule has 3 heteroatoms. The highest BCUT2D eigenvalue weighted by Gasteiger charge is 2.36. The molecular formula is C9H18N2O. The lowest BCUT2D eigenvalue weighted by atomic mass is 10.3. The molecule has 2 aliphatic rings.